The summed E-state index contributed by atoms with van der Waals surface area (Å²) in [4.78, 5) is 21.5. The zero-order chi connectivity index (χ0) is 35.6. The van der Waals surface area contributed by atoms with Crippen LogP contribution in [0.4, 0.5) is 0 Å². The van der Waals surface area contributed by atoms with E-state index < -0.39 is 0 Å². The number of carbonyl (C=O) groups is 1. The van der Waals surface area contributed by atoms with Gasteiger partial charge in [0.15, 0.2) is 5.78 Å². The summed E-state index contributed by atoms with van der Waals surface area (Å²) in [5.41, 5.74) is 10.2. The Morgan fingerprint density at radius 2 is 1.60 bits per heavy atom. The summed E-state index contributed by atoms with van der Waals surface area (Å²) < 4.78 is 2.58. The van der Waals surface area contributed by atoms with E-state index in [1.807, 2.05) is 27.7 Å². The molecule has 271 valence electrons. The van der Waals surface area contributed by atoms with Gasteiger partial charge in [0.1, 0.15) is 6.33 Å². The van der Waals surface area contributed by atoms with Gasteiger partial charge in [-0.05, 0) is 60.7 Å². The van der Waals surface area contributed by atoms with Gasteiger partial charge in [-0.2, -0.15) is 0 Å². The Kier molecular flexibility index (Phi) is 9.95. The molecule has 0 bridgehead atoms. The van der Waals surface area contributed by atoms with Gasteiger partial charge >= 0.3 is 0 Å². The van der Waals surface area contributed by atoms with Gasteiger partial charge in [0.05, 0.1) is 22.3 Å². The number of fused-ring (bicyclic) bond motifs is 4. The molecule has 7 aromatic rings. The molecule has 1 radical (unpaired) electrons. The zero-order valence-electron chi connectivity index (χ0n) is 31.4. The van der Waals surface area contributed by atoms with E-state index in [0.29, 0.717) is 0 Å². The number of aliphatic hydroxyl groups excluding tert-OH is 1. The van der Waals surface area contributed by atoms with E-state index in [9.17, 15) is 9.90 Å². The van der Waals surface area contributed by atoms with Gasteiger partial charge in [-0.25, -0.2) is 4.98 Å². The molecule has 1 saturated carbocycles. The quantitative estimate of drug-likeness (QED) is 0.0516. The summed E-state index contributed by atoms with van der Waals surface area (Å²) in [5.74, 6) is 1.32. The molecule has 0 spiro atoms. The van der Waals surface area contributed by atoms with Crippen molar-refractivity contribution >= 4 is 65.7 Å². The molecular formula is C46H50IrN3O2-. The standard InChI is InChI=1S/C33H26N3.C13H24O2.Ir/c1-33(2)24-13-7-12-22-26-20(14-18-8-3-4-9-18)16-25-27-29(35-17-34-25)23-15-19-10-5-6-11-21(19)28(33)31(23)36(30(22)24)32(26)27;1-5-10(6-2)12(14)9-13(15)11(7-3)8-4;/h5-7,10-13,16-18H,3-4,8-9,14H2,1-2H3;9-11,14H,5-8H2,1-4H3;/q-1;;/b;12-9-;. The Labute approximate surface area is 320 Å². The number of allylic oxidation sites excluding steroid dienone is 2. The number of hydrogen-bond donors (Lipinski definition) is 1. The summed E-state index contributed by atoms with van der Waals surface area (Å²) in [6.45, 7) is 12.9. The van der Waals surface area contributed by atoms with Crippen LogP contribution in [0.25, 0.3) is 59.9 Å². The predicted octanol–water partition coefficient (Wildman–Crippen LogP) is 12.0. The van der Waals surface area contributed by atoms with Crippen molar-refractivity contribution in [3.8, 4) is 0 Å². The predicted molar refractivity (Wildman–Crippen MR) is 212 cm³/mol. The first-order valence-corrected chi connectivity index (χ1v) is 19.4. The van der Waals surface area contributed by atoms with Crippen LogP contribution < -0.4 is 0 Å². The van der Waals surface area contributed by atoms with Crippen molar-refractivity contribution in [1.82, 2.24) is 14.4 Å². The van der Waals surface area contributed by atoms with Crippen LogP contribution in [0.3, 0.4) is 0 Å². The maximum atomic E-state index is 11.7. The molecule has 9 rings (SSSR count). The molecule has 2 aliphatic rings. The summed E-state index contributed by atoms with van der Waals surface area (Å²) >= 11 is 0. The number of aromatic nitrogens is 3. The van der Waals surface area contributed by atoms with Gasteiger partial charge in [-0.15, -0.1) is 17.5 Å². The molecule has 1 aliphatic heterocycles. The Hall–Kier alpha value is -3.86. The second kappa shape index (κ2) is 14.2. The number of pyridine rings is 1. The van der Waals surface area contributed by atoms with E-state index in [1.165, 1.54) is 86.5 Å². The maximum absolute atomic E-state index is 11.7. The molecule has 1 aliphatic carbocycles. The van der Waals surface area contributed by atoms with Crippen molar-refractivity contribution < 1.29 is 30.0 Å². The maximum Gasteiger partial charge on any atom is 0.162 e. The number of carbonyl (C=O) groups excluding carboxylic acids is 1. The average Bonchev–Trinajstić information content (AvgIpc) is 3.78. The number of hydrogen-bond acceptors (Lipinski definition) is 4. The van der Waals surface area contributed by atoms with Gasteiger partial charge in [-0.3, -0.25) is 9.78 Å². The third-order valence-electron chi connectivity index (χ3n) is 12.5. The molecule has 4 heterocycles. The van der Waals surface area contributed by atoms with E-state index in [2.05, 4.69) is 72.8 Å². The van der Waals surface area contributed by atoms with Crippen molar-refractivity contribution in [1.29, 1.82) is 0 Å². The molecule has 5 nitrogen and oxygen atoms in total. The zero-order valence-corrected chi connectivity index (χ0v) is 33.8. The number of ketones is 1. The van der Waals surface area contributed by atoms with Crippen molar-refractivity contribution in [2.75, 3.05) is 0 Å². The second-order valence-electron chi connectivity index (χ2n) is 15.7. The van der Waals surface area contributed by atoms with Crippen molar-refractivity contribution in [2.24, 2.45) is 17.8 Å². The largest absolute Gasteiger partial charge is 0.512 e. The molecule has 4 aromatic carbocycles. The second-order valence-corrected chi connectivity index (χ2v) is 15.7. The van der Waals surface area contributed by atoms with Crippen LogP contribution in [0.15, 0.2) is 66.7 Å². The van der Waals surface area contributed by atoms with Crippen LogP contribution in [0.5, 0.6) is 0 Å². The smallest absolute Gasteiger partial charge is 0.162 e. The van der Waals surface area contributed by atoms with E-state index in [1.54, 1.807) is 6.33 Å². The summed E-state index contributed by atoms with van der Waals surface area (Å²) in [6, 6.07) is 21.9. The van der Waals surface area contributed by atoms with Gasteiger partial charge in [0.2, 0.25) is 0 Å². The Morgan fingerprint density at radius 1 is 0.904 bits per heavy atom. The summed E-state index contributed by atoms with van der Waals surface area (Å²) in [7, 11) is 0. The molecule has 1 N–H and O–H groups in total. The van der Waals surface area contributed by atoms with Crippen molar-refractivity contribution in [3.05, 3.63) is 89.5 Å². The Balaban J connectivity index is 0.000000227. The monoisotopic (exact) mass is 869 g/mol. The first kappa shape index (κ1) is 36.5. The first-order chi connectivity index (χ1) is 24.7. The molecule has 3 aromatic heterocycles. The van der Waals surface area contributed by atoms with Crippen LogP contribution in [0, 0.1) is 23.8 Å². The van der Waals surface area contributed by atoms with Gasteiger partial charge in [-0.1, -0.05) is 120 Å². The number of nitrogens with zero attached hydrogens (tertiary/aromatic N) is 3. The summed E-state index contributed by atoms with van der Waals surface area (Å²) in [6.07, 6.45) is 13.2. The minimum Gasteiger partial charge on any atom is -0.512 e. The fourth-order valence-electron chi connectivity index (χ4n) is 9.68. The molecule has 1 fully saturated rings. The minimum absolute atomic E-state index is 0. The van der Waals surface area contributed by atoms with Crippen LogP contribution in [0.2, 0.25) is 0 Å². The van der Waals surface area contributed by atoms with E-state index in [-0.39, 0.29) is 48.9 Å². The molecule has 6 heteroatoms. The summed E-state index contributed by atoms with van der Waals surface area (Å²) in [5, 5.41) is 17.3. The molecular weight excluding hydrogens is 819 g/mol. The normalized spacial score (nSPS) is 15.7. The van der Waals surface area contributed by atoms with Crippen LogP contribution in [-0.2, 0) is 36.7 Å². The van der Waals surface area contributed by atoms with Crippen LogP contribution >= 0.6 is 0 Å². The fraction of sp³-hybridized carbons (Fsp3) is 0.413. The third kappa shape index (κ3) is 5.55. The minimum atomic E-state index is -0.141. The topological polar surface area (TPSA) is 67.5 Å². The van der Waals surface area contributed by atoms with Crippen molar-refractivity contribution in [3.63, 3.8) is 0 Å². The number of benzene rings is 4. The number of rotatable bonds is 9. The first-order valence-electron chi connectivity index (χ1n) is 19.4. The van der Waals surface area contributed by atoms with Crippen molar-refractivity contribution in [2.45, 2.75) is 105 Å². The van der Waals surface area contributed by atoms with Gasteiger partial charge in [0, 0.05) is 65.1 Å². The Bertz CT molecular complexity index is 2480. The van der Waals surface area contributed by atoms with E-state index in [4.69, 9.17) is 9.97 Å². The SMILES string of the molecule is CC1(C)c2c3ccccc3[c-]c3c4ncnc5cc(CC6CCCC6)c6c7cccc1c7n(c23)c6c54.CCC(CC)C(=O)/C=C(\O)C(CC)CC.[Ir]. The van der Waals surface area contributed by atoms with Crippen LogP contribution in [0.1, 0.15) is 110 Å². The van der Waals surface area contributed by atoms with Gasteiger partial charge in [0.25, 0.3) is 0 Å². The molecule has 0 unspecified atom stereocenters. The molecule has 0 amide bonds. The molecule has 0 atom stereocenters. The Morgan fingerprint density at radius 3 is 2.31 bits per heavy atom. The number of para-hydroxylation sites is 1. The fourth-order valence-corrected chi connectivity index (χ4v) is 9.68. The van der Waals surface area contributed by atoms with E-state index in [0.717, 1.165) is 59.8 Å². The molecule has 52 heavy (non-hydrogen) atoms. The number of aliphatic hydroxyl groups is 1. The third-order valence-corrected chi connectivity index (χ3v) is 12.5. The average molecular weight is 869 g/mol. The van der Waals surface area contributed by atoms with E-state index >= 15 is 0 Å². The van der Waals surface area contributed by atoms with Gasteiger partial charge < -0.3 is 9.51 Å². The van der Waals surface area contributed by atoms with Crippen LogP contribution in [-0.4, -0.2) is 25.3 Å². The molecule has 0 saturated heterocycles.